The fourth-order valence-electron chi connectivity index (χ4n) is 4.15. The van der Waals surface area contributed by atoms with Gasteiger partial charge < -0.3 is 19.7 Å². The minimum atomic E-state index is -0.952. The molecule has 0 unspecified atom stereocenters. The molecule has 3 aromatic rings. The van der Waals surface area contributed by atoms with E-state index in [2.05, 4.69) is 5.32 Å². The summed E-state index contributed by atoms with van der Waals surface area (Å²) in [5.74, 6) is 0.561. The average molecular weight is 502 g/mol. The number of ether oxygens (including phenoxy) is 2. The van der Waals surface area contributed by atoms with Gasteiger partial charge in [0.1, 0.15) is 17.5 Å². The molecule has 4 rings (SSSR count). The minimum absolute atomic E-state index is 0.158. The Morgan fingerprint density at radius 1 is 0.973 bits per heavy atom. The highest BCUT2D eigenvalue weighted by Gasteiger charge is 2.46. The standard InChI is InChI=1S/C29H31N3O5/c1-4-16-37-24-14-10-22(11-15-24)30-27(33)18-26-28(34)32(23-12-8-20(2)9-13-23)29(35)31(26)19-21-6-5-7-25(17-21)36-3/h5-15,17,26H,4,16,18-19H2,1-3H3,(H,30,33)/t26-/m0/s1. The maximum absolute atomic E-state index is 13.5. The molecule has 4 amide bonds. The monoisotopic (exact) mass is 501 g/mol. The van der Waals surface area contributed by atoms with Crippen LogP contribution in [0.5, 0.6) is 11.5 Å². The number of carbonyl (C=O) groups excluding carboxylic acids is 3. The number of carbonyl (C=O) groups is 3. The lowest BCUT2D eigenvalue weighted by molar-refractivity contribution is -0.124. The van der Waals surface area contributed by atoms with Gasteiger partial charge in [-0.3, -0.25) is 9.59 Å². The van der Waals surface area contributed by atoms with Crippen molar-refractivity contribution in [3.63, 3.8) is 0 Å². The Morgan fingerprint density at radius 2 is 1.70 bits per heavy atom. The predicted octanol–water partition coefficient (Wildman–Crippen LogP) is 5.16. The van der Waals surface area contributed by atoms with E-state index in [9.17, 15) is 14.4 Å². The Hall–Kier alpha value is -4.33. The first-order valence-electron chi connectivity index (χ1n) is 12.3. The SMILES string of the molecule is CCCOc1ccc(NC(=O)C[C@H]2C(=O)N(c3ccc(C)cc3)C(=O)N2Cc2cccc(OC)c2)cc1. The number of methoxy groups -OCH3 is 1. The number of urea groups is 1. The third kappa shape index (κ3) is 6.09. The van der Waals surface area contributed by atoms with E-state index in [1.165, 1.54) is 4.90 Å². The minimum Gasteiger partial charge on any atom is -0.497 e. The van der Waals surface area contributed by atoms with Gasteiger partial charge in [0.05, 0.1) is 25.8 Å². The van der Waals surface area contributed by atoms with Gasteiger partial charge in [0.25, 0.3) is 5.91 Å². The van der Waals surface area contributed by atoms with Gasteiger partial charge in [-0.2, -0.15) is 0 Å². The van der Waals surface area contributed by atoms with Crippen LogP contribution in [0.4, 0.5) is 16.2 Å². The van der Waals surface area contributed by atoms with Crippen LogP contribution in [0.25, 0.3) is 0 Å². The molecule has 1 saturated heterocycles. The molecule has 8 nitrogen and oxygen atoms in total. The third-order valence-electron chi connectivity index (χ3n) is 6.09. The van der Waals surface area contributed by atoms with Gasteiger partial charge in [-0.25, -0.2) is 9.69 Å². The van der Waals surface area contributed by atoms with E-state index < -0.39 is 18.0 Å². The number of aryl methyl sites for hydroxylation is 1. The Morgan fingerprint density at radius 3 is 2.38 bits per heavy atom. The summed E-state index contributed by atoms with van der Waals surface area (Å²) < 4.78 is 10.9. The van der Waals surface area contributed by atoms with Gasteiger partial charge in [-0.1, -0.05) is 36.8 Å². The maximum Gasteiger partial charge on any atom is 0.332 e. The van der Waals surface area contributed by atoms with Crippen LogP contribution in [0.15, 0.2) is 72.8 Å². The Labute approximate surface area is 216 Å². The van der Waals surface area contributed by atoms with Crippen molar-refractivity contribution in [2.45, 2.75) is 39.3 Å². The summed E-state index contributed by atoms with van der Waals surface area (Å²) in [4.78, 5) is 42.6. The molecule has 37 heavy (non-hydrogen) atoms. The molecule has 192 valence electrons. The van der Waals surface area contributed by atoms with E-state index in [1.54, 1.807) is 43.5 Å². The lowest BCUT2D eigenvalue weighted by Crippen LogP contribution is -2.37. The average Bonchev–Trinajstić information content (AvgIpc) is 3.12. The van der Waals surface area contributed by atoms with E-state index in [4.69, 9.17) is 9.47 Å². The second-order valence-corrected chi connectivity index (χ2v) is 8.91. The lowest BCUT2D eigenvalue weighted by Gasteiger charge is -2.22. The Kier molecular flexibility index (Phi) is 8.08. The first-order chi connectivity index (χ1) is 17.9. The Balaban J connectivity index is 1.55. The summed E-state index contributed by atoms with van der Waals surface area (Å²) in [6.45, 7) is 4.74. The van der Waals surface area contributed by atoms with Crippen LogP contribution in [-0.2, 0) is 16.1 Å². The zero-order valence-electron chi connectivity index (χ0n) is 21.3. The molecule has 1 aliphatic rings. The third-order valence-corrected chi connectivity index (χ3v) is 6.09. The molecule has 0 bridgehead atoms. The van der Waals surface area contributed by atoms with Crippen LogP contribution in [0, 0.1) is 6.92 Å². The number of nitrogens with one attached hydrogen (secondary N) is 1. The molecule has 0 saturated carbocycles. The molecule has 0 spiro atoms. The molecule has 1 fully saturated rings. The van der Waals surface area contributed by atoms with Crippen LogP contribution in [0.2, 0.25) is 0 Å². The quantitative estimate of drug-likeness (QED) is 0.388. The van der Waals surface area contributed by atoms with Gasteiger partial charge in [-0.15, -0.1) is 0 Å². The summed E-state index contributed by atoms with van der Waals surface area (Å²) in [6, 6.07) is 20.1. The molecule has 0 aromatic heterocycles. The number of benzene rings is 3. The first-order valence-corrected chi connectivity index (χ1v) is 12.3. The van der Waals surface area contributed by atoms with Gasteiger partial charge in [0.2, 0.25) is 5.91 Å². The number of hydrogen-bond acceptors (Lipinski definition) is 5. The van der Waals surface area contributed by atoms with Gasteiger partial charge in [0, 0.05) is 12.2 Å². The largest absolute Gasteiger partial charge is 0.497 e. The number of anilines is 2. The molecule has 0 radical (unpaired) electrons. The highest BCUT2D eigenvalue weighted by Crippen LogP contribution is 2.29. The van der Waals surface area contributed by atoms with E-state index in [0.29, 0.717) is 23.7 Å². The van der Waals surface area contributed by atoms with Crippen molar-refractivity contribution in [3.8, 4) is 11.5 Å². The van der Waals surface area contributed by atoms with E-state index in [1.807, 2.05) is 50.2 Å². The summed E-state index contributed by atoms with van der Waals surface area (Å²) in [5.41, 5.74) is 2.86. The fourth-order valence-corrected chi connectivity index (χ4v) is 4.15. The summed E-state index contributed by atoms with van der Waals surface area (Å²) in [5, 5.41) is 2.83. The molecule has 1 N–H and O–H groups in total. The zero-order valence-corrected chi connectivity index (χ0v) is 21.3. The number of rotatable bonds is 10. The summed E-state index contributed by atoms with van der Waals surface area (Å²) >= 11 is 0. The normalized spacial score (nSPS) is 15.2. The van der Waals surface area contributed by atoms with Crippen molar-refractivity contribution in [1.29, 1.82) is 0 Å². The Bertz CT molecular complexity index is 1260. The number of amides is 4. The molecular weight excluding hydrogens is 470 g/mol. The van der Waals surface area contributed by atoms with E-state index >= 15 is 0 Å². The topological polar surface area (TPSA) is 88.2 Å². The van der Waals surface area contributed by atoms with Gasteiger partial charge >= 0.3 is 6.03 Å². The van der Waals surface area contributed by atoms with Crippen molar-refractivity contribution < 1.29 is 23.9 Å². The predicted molar refractivity (Wildman–Crippen MR) is 142 cm³/mol. The summed E-state index contributed by atoms with van der Waals surface area (Å²) in [7, 11) is 1.57. The molecule has 1 aliphatic heterocycles. The van der Waals surface area contributed by atoms with Crippen LogP contribution in [-0.4, -0.2) is 42.5 Å². The maximum atomic E-state index is 13.5. The number of hydrogen-bond donors (Lipinski definition) is 1. The molecule has 3 aromatic carbocycles. The molecular formula is C29H31N3O5. The van der Waals surface area contributed by atoms with Crippen LogP contribution >= 0.6 is 0 Å². The van der Waals surface area contributed by atoms with E-state index in [0.717, 1.165) is 28.2 Å². The molecule has 1 heterocycles. The van der Waals surface area contributed by atoms with Crippen molar-refractivity contribution in [1.82, 2.24) is 4.90 Å². The van der Waals surface area contributed by atoms with E-state index in [-0.39, 0.29) is 18.9 Å². The van der Waals surface area contributed by atoms with Crippen molar-refractivity contribution in [2.75, 3.05) is 23.9 Å². The van der Waals surface area contributed by atoms with Gasteiger partial charge in [0.15, 0.2) is 0 Å². The fraction of sp³-hybridized carbons (Fsp3) is 0.276. The van der Waals surface area contributed by atoms with Gasteiger partial charge in [-0.05, 0) is 67.4 Å². The zero-order chi connectivity index (χ0) is 26.4. The molecule has 8 heteroatoms. The highest BCUT2D eigenvalue weighted by molar-refractivity contribution is 6.22. The van der Waals surface area contributed by atoms with Crippen LogP contribution in [0.3, 0.4) is 0 Å². The first kappa shape index (κ1) is 25.8. The summed E-state index contributed by atoms with van der Waals surface area (Å²) in [6.07, 6.45) is 0.726. The molecule has 0 aliphatic carbocycles. The van der Waals surface area contributed by atoms with Crippen LogP contribution in [0.1, 0.15) is 30.9 Å². The lowest BCUT2D eigenvalue weighted by atomic mass is 10.1. The smallest absolute Gasteiger partial charge is 0.332 e. The number of imide groups is 1. The van der Waals surface area contributed by atoms with Crippen molar-refractivity contribution in [2.24, 2.45) is 0 Å². The number of nitrogens with zero attached hydrogens (tertiary/aromatic N) is 2. The molecule has 1 atom stereocenters. The second kappa shape index (κ2) is 11.6. The second-order valence-electron chi connectivity index (χ2n) is 8.91. The van der Waals surface area contributed by atoms with Crippen molar-refractivity contribution >= 4 is 29.2 Å². The van der Waals surface area contributed by atoms with Crippen molar-refractivity contribution in [3.05, 3.63) is 83.9 Å². The highest BCUT2D eigenvalue weighted by atomic mass is 16.5. The van der Waals surface area contributed by atoms with Crippen LogP contribution < -0.4 is 19.7 Å².